The standard InChI is InChI=1S/C28H22N2O2S/c1-17-11-13-22(14-12-17)33-27-21(15-20-9-6-8-19(3)25(20)30-27)16-24-28(31)32-26(29-24)23-10-5-4-7-18(23)2/h4-16H,1-3H3/b24-16+. The molecule has 0 unspecified atom stereocenters. The van der Waals surface area contributed by atoms with Crippen LogP contribution >= 0.6 is 11.8 Å². The van der Waals surface area contributed by atoms with Gasteiger partial charge in [-0.2, -0.15) is 0 Å². The number of aliphatic imine (C=N–C) groups is 1. The molecule has 0 N–H and O–H groups in total. The van der Waals surface area contributed by atoms with Crippen LogP contribution in [0.25, 0.3) is 17.0 Å². The van der Waals surface area contributed by atoms with Gasteiger partial charge in [0, 0.05) is 21.4 Å². The number of pyridine rings is 1. The van der Waals surface area contributed by atoms with Crippen LogP contribution in [0.2, 0.25) is 0 Å². The average Bonchev–Trinajstić information content (AvgIpc) is 3.16. The summed E-state index contributed by atoms with van der Waals surface area (Å²) < 4.78 is 5.51. The number of para-hydroxylation sites is 1. The van der Waals surface area contributed by atoms with E-state index in [2.05, 4.69) is 55.2 Å². The smallest absolute Gasteiger partial charge is 0.363 e. The Balaban J connectivity index is 1.61. The Morgan fingerprint density at radius 1 is 0.879 bits per heavy atom. The zero-order valence-electron chi connectivity index (χ0n) is 18.6. The molecule has 4 aromatic rings. The van der Waals surface area contributed by atoms with Crippen molar-refractivity contribution in [3.8, 4) is 0 Å². The van der Waals surface area contributed by atoms with Crippen molar-refractivity contribution in [3.63, 3.8) is 0 Å². The summed E-state index contributed by atoms with van der Waals surface area (Å²) in [5.74, 6) is -0.120. The Labute approximate surface area is 197 Å². The molecule has 1 aliphatic heterocycles. The molecule has 4 nitrogen and oxygen atoms in total. The molecule has 1 aromatic heterocycles. The van der Waals surface area contributed by atoms with E-state index < -0.39 is 5.97 Å². The first-order valence-electron chi connectivity index (χ1n) is 10.7. The van der Waals surface area contributed by atoms with Crippen LogP contribution in [0.15, 0.2) is 93.4 Å². The second-order valence-corrected chi connectivity index (χ2v) is 9.16. The van der Waals surface area contributed by atoms with Crippen molar-refractivity contribution in [2.45, 2.75) is 30.7 Å². The highest BCUT2D eigenvalue weighted by Gasteiger charge is 2.25. The average molecular weight is 451 g/mol. The Bertz CT molecular complexity index is 1450. The number of rotatable bonds is 4. The fourth-order valence-electron chi connectivity index (χ4n) is 3.73. The Hall–Kier alpha value is -3.70. The number of benzene rings is 3. The van der Waals surface area contributed by atoms with Crippen LogP contribution in [0.4, 0.5) is 0 Å². The third kappa shape index (κ3) is 4.32. The van der Waals surface area contributed by atoms with Gasteiger partial charge in [0.05, 0.1) is 5.52 Å². The monoisotopic (exact) mass is 450 g/mol. The van der Waals surface area contributed by atoms with Gasteiger partial charge >= 0.3 is 5.97 Å². The van der Waals surface area contributed by atoms with E-state index in [1.165, 1.54) is 5.56 Å². The number of hydrogen-bond acceptors (Lipinski definition) is 5. The third-order valence-electron chi connectivity index (χ3n) is 5.56. The molecular weight excluding hydrogens is 428 g/mol. The quantitative estimate of drug-likeness (QED) is 0.258. The molecule has 0 saturated heterocycles. The number of hydrogen-bond donors (Lipinski definition) is 0. The number of ether oxygens (including phenoxy) is 1. The molecule has 1 aliphatic rings. The van der Waals surface area contributed by atoms with E-state index in [0.717, 1.165) is 43.1 Å². The van der Waals surface area contributed by atoms with Crippen LogP contribution < -0.4 is 0 Å². The van der Waals surface area contributed by atoms with Crippen molar-refractivity contribution in [1.82, 2.24) is 4.98 Å². The minimum Gasteiger partial charge on any atom is -0.402 e. The SMILES string of the molecule is Cc1ccc(Sc2nc3c(C)cccc3cc2/C=C2/N=C(c3ccccc3C)OC2=O)cc1. The van der Waals surface area contributed by atoms with Crippen LogP contribution in [-0.2, 0) is 9.53 Å². The summed E-state index contributed by atoms with van der Waals surface area (Å²) in [5, 5.41) is 1.84. The molecular formula is C28H22N2O2S. The van der Waals surface area contributed by atoms with Gasteiger partial charge in [0.1, 0.15) is 5.03 Å². The van der Waals surface area contributed by atoms with E-state index in [1.54, 1.807) is 17.8 Å². The highest BCUT2D eigenvalue weighted by Crippen LogP contribution is 2.34. The molecule has 0 spiro atoms. The molecule has 33 heavy (non-hydrogen) atoms. The van der Waals surface area contributed by atoms with E-state index in [4.69, 9.17) is 9.72 Å². The lowest BCUT2D eigenvalue weighted by molar-refractivity contribution is -0.129. The summed E-state index contributed by atoms with van der Waals surface area (Å²) >= 11 is 1.57. The number of carbonyl (C=O) groups excluding carboxylic acids is 1. The molecule has 3 aromatic carbocycles. The van der Waals surface area contributed by atoms with Gasteiger partial charge in [0.25, 0.3) is 0 Å². The molecule has 162 valence electrons. The Morgan fingerprint density at radius 2 is 1.64 bits per heavy atom. The largest absolute Gasteiger partial charge is 0.402 e. The van der Waals surface area contributed by atoms with Gasteiger partial charge in [-0.3, -0.25) is 0 Å². The van der Waals surface area contributed by atoms with Gasteiger partial charge in [-0.1, -0.05) is 65.9 Å². The van der Waals surface area contributed by atoms with Crippen LogP contribution in [-0.4, -0.2) is 16.9 Å². The lowest BCUT2D eigenvalue weighted by atomic mass is 10.1. The summed E-state index contributed by atoms with van der Waals surface area (Å²) in [4.78, 5) is 23.2. The van der Waals surface area contributed by atoms with Crippen molar-refractivity contribution in [2.24, 2.45) is 4.99 Å². The Morgan fingerprint density at radius 3 is 2.42 bits per heavy atom. The predicted molar refractivity (Wildman–Crippen MR) is 134 cm³/mol. The maximum Gasteiger partial charge on any atom is 0.363 e. The maximum atomic E-state index is 12.7. The molecule has 0 bridgehead atoms. The van der Waals surface area contributed by atoms with E-state index in [0.29, 0.717) is 5.90 Å². The highest BCUT2D eigenvalue weighted by molar-refractivity contribution is 7.99. The van der Waals surface area contributed by atoms with E-state index in [9.17, 15) is 4.79 Å². The molecule has 0 saturated carbocycles. The number of esters is 1. The summed E-state index contributed by atoms with van der Waals surface area (Å²) in [6, 6.07) is 24.2. The Kier molecular flexibility index (Phi) is 5.56. The van der Waals surface area contributed by atoms with Crippen molar-refractivity contribution in [3.05, 3.63) is 106 Å². The molecule has 0 radical (unpaired) electrons. The van der Waals surface area contributed by atoms with Gasteiger partial charge < -0.3 is 4.74 Å². The van der Waals surface area contributed by atoms with Crippen molar-refractivity contribution in [1.29, 1.82) is 0 Å². The lowest BCUT2D eigenvalue weighted by Gasteiger charge is -2.10. The van der Waals surface area contributed by atoms with Gasteiger partial charge in [-0.25, -0.2) is 14.8 Å². The summed E-state index contributed by atoms with van der Waals surface area (Å²) in [6.45, 7) is 6.10. The van der Waals surface area contributed by atoms with Crippen molar-refractivity contribution < 1.29 is 9.53 Å². The van der Waals surface area contributed by atoms with Crippen LogP contribution in [0.1, 0.15) is 27.8 Å². The van der Waals surface area contributed by atoms with Crippen molar-refractivity contribution >= 4 is 40.6 Å². The molecule has 0 atom stereocenters. The van der Waals surface area contributed by atoms with Gasteiger partial charge in [-0.15, -0.1) is 0 Å². The zero-order chi connectivity index (χ0) is 22.9. The second kappa shape index (κ2) is 8.68. The topological polar surface area (TPSA) is 51.6 Å². The molecule has 2 heterocycles. The predicted octanol–water partition coefficient (Wildman–Crippen LogP) is 6.66. The summed E-state index contributed by atoms with van der Waals surface area (Å²) in [7, 11) is 0. The van der Waals surface area contributed by atoms with Crippen LogP contribution in [0.3, 0.4) is 0 Å². The molecule has 0 amide bonds. The molecule has 0 fully saturated rings. The normalized spacial score (nSPS) is 14.6. The van der Waals surface area contributed by atoms with E-state index in [1.807, 2.05) is 43.3 Å². The number of fused-ring (bicyclic) bond motifs is 1. The minimum atomic E-state index is -0.455. The molecule has 5 heteroatoms. The second-order valence-electron chi connectivity index (χ2n) is 8.10. The fraction of sp³-hybridized carbons (Fsp3) is 0.107. The first-order valence-corrected chi connectivity index (χ1v) is 11.5. The summed E-state index contributed by atoms with van der Waals surface area (Å²) in [6.07, 6.45) is 1.78. The number of aryl methyl sites for hydroxylation is 3. The first kappa shape index (κ1) is 21.2. The number of nitrogens with zero attached hydrogens (tertiary/aromatic N) is 2. The van der Waals surface area contributed by atoms with E-state index in [-0.39, 0.29) is 5.70 Å². The fourth-order valence-corrected chi connectivity index (χ4v) is 4.60. The highest BCUT2D eigenvalue weighted by atomic mass is 32.2. The van der Waals surface area contributed by atoms with Crippen LogP contribution in [0.5, 0.6) is 0 Å². The van der Waals surface area contributed by atoms with Gasteiger partial charge in [-0.05, 0) is 62.2 Å². The molecule has 5 rings (SSSR count). The molecule has 0 aliphatic carbocycles. The lowest BCUT2D eigenvalue weighted by Crippen LogP contribution is -2.06. The maximum absolute atomic E-state index is 12.7. The van der Waals surface area contributed by atoms with Crippen LogP contribution in [0, 0.1) is 20.8 Å². The number of carbonyl (C=O) groups is 1. The minimum absolute atomic E-state index is 0.271. The first-order chi connectivity index (χ1) is 16.0. The third-order valence-corrected chi connectivity index (χ3v) is 6.59. The summed E-state index contributed by atoms with van der Waals surface area (Å²) in [5.41, 5.74) is 6.19. The van der Waals surface area contributed by atoms with E-state index >= 15 is 0 Å². The van der Waals surface area contributed by atoms with Gasteiger partial charge in [0.2, 0.25) is 5.90 Å². The van der Waals surface area contributed by atoms with Gasteiger partial charge in [0.15, 0.2) is 5.70 Å². The number of aromatic nitrogens is 1. The van der Waals surface area contributed by atoms with Crippen molar-refractivity contribution in [2.75, 3.05) is 0 Å². The number of cyclic esters (lactones) is 1. The zero-order valence-corrected chi connectivity index (χ0v) is 19.4.